The van der Waals surface area contributed by atoms with Crippen molar-refractivity contribution >= 4 is 0 Å². The van der Waals surface area contributed by atoms with E-state index in [1.54, 1.807) is 0 Å². The SMILES string of the molecule is CCCCCN1CCNCC1c1ccccn1. The van der Waals surface area contributed by atoms with Gasteiger partial charge in [-0.2, -0.15) is 0 Å². The second kappa shape index (κ2) is 6.72. The van der Waals surface area contributed by atoms with Gasteiger partial charge in [0, 0.05) is 25.8 Å². The molecule has 0 aromatic carbocycles. The van der Waals surface area contributed by atoms with E-state index in [0.717, 1.165) is 19.6 Å². The van der Waals surface area contributed by atoms with Gasteiger partial charge in [0.05, 0.1) is 11.7 Å². The fraction of sp³-hybridized carbons (Fsp3) is 0.643. The van der Waals surface area contributed by atoms with Crippen LogP contribution in [-0.2, 0) is 0 Å². The van der Waals surface area contributed by atoms with E-state index in [2.05, 4.69) is 34.3 Å². The molecular formula is C14H23N3. The summed E-state index contributed by atoms with van der Waals surface area (Å²) in [6.07, 6.45) is 5.83. The first-order valence-corrected chi connectivity index (χ1v) is 6.77. The molecule has 3 heteroatoms. The quantitative estimate of drug-likeness (QED) is 0.790. The Morgan fingerprint density at radius 3 is 3.12 bits per heavy atom. The maximum absolute atomic E-state index is 4.50. The van der Waals surface area contributed by atoms with Crippen molar-refractivity contribution in [3.8, 4) is 0 Å². The van der Waals surface area contributed by atoms with E-state index in [0.29, 0.717) is 6.04 Å². The van der Waals surface area contributed by atoms with Gasteiger partial charge in [-0.3, -0.25) is 9.88 Å². The number of rotatable bonds is 5. The molecule has 2 rings (SSSR count). The average molecular weight is 233 g/mol. The van der Waals surface area contributed by atoms with Crippen molar-refractivity contribution < 1.29 is 0 Å². The van der Waals surface area contributed by atoms with E-state index in [1.165, 1.54) is 31.5 Å². The van der Waals surface area contributed by atoms with Crippen LogP contribution < -0.4 is 5.32 Å². The van der Waals surface area contributed by atoms with E-state index >= 15 is 0 Å². The lowest BCUT2D eigenvalue weighted by Crippen LogP contribution is -2.46. The monoisotopic (exact) mass is 233 g/mol. The Hall–Kier alpha value is -0.930. The summed E-state index contributed by atoms with van der Waals surface area (Å²) >= 11 is 0. The molecule has 1 saturated heterocycles. The van der Waals surface area contributed by atoms with Gasteiger partial charge in [0.2, 0.25) is 0 Å². The minimum atomic E-state index is 0.460. The molecule has 0 saturated carbocycles. The number of aromatic nitrogens is 1. The number of unbranched alkanes of at least 4 members (excludes halogenated alkanes) is 2. The van der Waals surface area contributed by atoms with Crippen LogP contribution in [0.5, 0.6) is 0 Å². The normalized spacial score (nSPS) is 21.6. The van der Waals surface area contributed by atoms with E-state index in [-0.39, 0.29) is 0 Å². The van der Waals surface area contributed by atoms with Gasteiger partial charge in [-0.1, -0.05) is 25.8 Å². The zero-order valence-corrected chi connectivity index (χ0v) is 10.7. The largest absolute Gasteiger partial charge is 0.313 e. The summed E-state index contributed by atoms with van der Waals surface area (Å²) in [6.45, 7) is 6.74. The molecule has 94 valence electrons. The summed E-state index contributed by atoms with van der Waals surface area (Å²) < 4.78 is 0. The first kappa shape index (κ1) is 12.5. The van der Waals surface area contributed by atoms with E-state index < -0.39 is 0 Å². The minimum Gasteiger partial charge on any atom is -0.313 e. The van der Waals surface area contributed by atoms with Gasteiger partial charge < -0.3 is 5.32 Å². The standard InChI is InChI=1S/C14H23N3/c1-2-3-6-10-17-11-9-15-12-14(17)13-7-4-5-8-16-13/h4-5,7-8,14-15H,2-3,6,9-12H2,1H3. The highest BCUT2D eigenvalue weighted by Gasteiger charge is 2.23. The van der Waals surface area contributed by atoms with Gasteiger partial charge in [-0.15, -0.1) is 0 Å². The Morgan fingerprint density at radius 1 is 1.41 bits per heavy atom. The summed E-state index contributed by atoms with van der Waals surface area (Å²) in [5, 5.41) is 3.47. The summed E-state index contributed by atoms with van der Waals surface area (Å²) in [5.74, 6) is 0. The Balaban J connectivity index is 1.97. The number of piperazine rings is 1. The van der Waals surface area contributed by atoms with Crippen LogP contribution in [0.25, 0.3) is 0 Å². The first-order valence-electron chi connectivity index (χ1n) is 6.77. The van der Waals surface area contributed by atoms with E-state index in [1.807, 2.05) is 12.3 Å². The Labute approximate surface area is 104 Å². The summed E-state index contributed by atoms with van der Waals surface area (Å²) in [7, 11) is 0. The van der Waals surface area contributed by atoms with Crippen molar-refractivity contribution in [2.75, 3.05) is 26.2 Å². The molecule has 1 atom stereocenters. The topological polar surface area (TPSA) is 28.2 Å². The molecule has 0 bridgehead atoms. The van der Waals surface area contributed by atoms with Crippen LogP contribution in [0.15, 0.2) is 24.4 Å². The third-order valence-electron chi connectivity index (χ3n) is 3.43. The second-order valence-electron chi connectivity index (χ2n) is 4.72. The van der Waals surface area contributed by atoms with Crippen LogP contribution >= 0.6 is 0 Å². The molecule has 17 heavy (non-hydrogen) atoms. The molecule has 0 amide bonds. The van der Waals surface area contributed by atoms with Crippen LogP contribution in [0.3, 0.4) is 0 Å². The molecule has 2 heterocycles. The number of nitrogens with one attached hydrogen (secondary N) is 1. The summed E-state index contributed by atoms with van der Waals surface area (Å²) in [4.78, 5) is 7.08. The van der Waals surface area contributed by atoms with Crippen molar-refractivity contribution in [3.63, 3.8) is 0 Å². The molecule has 0 radical (unpaired) electrons. The maximum Gasteiger partial charge on any atom is 0.0647 e. The van der Waals surface area contributed by atoms with Gasteiger partial charge >= 0.3 is 0 Å². The lowest BCUT2D eigenvalue weighted by molar-refractivity contribution is 0.156. The van der Waals surface area contributed by atoms with E-state index in [4.69, 9.17) is 0 Å². The highest BCUT2D eigenvalue weighted by atomic mass is 15.2. The molecule has 1 fully saturated rings. The predicted molar refractivity (Wildman–Crippen MR) is 70.9 cm³/mol. The molecule has 1 aliphatic rings. The van der Waals surface area contributed by atoms with E-state index in [9.17, 15) is 0 Å². The van der Waals surface area contributed by atoms with Crippen LogP contribution in [0.2, 0.25) is 0 Å². The molecule has 3 nitrogen and oxygen atoms in total. The van der Waals surface area contributed by atoms with Crippen LogP contribution in [0.4, 0.5) is 0 Å². The zero-order valence-electron chi connectivity index (χ0n) is 10.7. The van der Waals surface area contributed by atoms with Crippen molar-refractivity contribution in [1.29, 1.82) is 0 Å². The smallest absolute Gasteiger partial charge is 0.0647 e. The third-order valence-corrected chi connectivity index (χ3v) is 3.43. The Morgan fingerprint density at radius 2 is 2.35 bits per heavy atom. The molecule has 1 N–H and O–H groups in total. The maximum atomic E-state index is 4.50. The molecule has 1 aromatic heterocycles. The van der Waals surface area contributed by atoms with Crippen molar-refractivity contribution in [2.24, 2.45) is 0 Å². The third kappa shape index (κ3) is 3.51. The fourth-order valence-corrected chi connectivity index (χ4v) is 2.44. The van der Waals surface area contributed by atoms with Crippen LogP contribution in [-0.4, -0.2) is 36.1 Å². The Kier molecular flexibility index (Phi) is 4.95. The molecule has 1 aliphatic heterocycles. The molecule has 1 unspecified atom stereocenters. The van der Waals surface area contributed by atoms with Crippen molar-refractivity contribution in [1.82, 2.24) is 15.2 Å². The van der Waals surface area contributed by atoms with Crippen LogP contribution in [0.1, 0.15) is 37.9 Å². The van der Waals surface area contributed by atoms with Gasteiger partial charge in [0.15, 0.2) is 0 Å². The minimum absolute atomic E-state index is 0.460. The summed E-state index contributed by atoms with van der Waals surface area (Å²) in [6, 6.07) is 6.68. The molecular weight excluding hydrogens is 210 g/mol. The summed E-state index contributed by atoms with van der Waals surface area (Å²) in [5.41, 5.74) is 1.20. The van der Waals surface area contributed by atoms with Crippen molar-refractivity contribution in [3.05, 3.63) is 30.1 Å². The molecule has 0 spiro atoms. The van der Waals surface area contributed by atoms with Gasteiger partial charge in [-0.25, -0.2) is 0 Å². The lowest BCUT2D eigenvalue weighted by Gasteiger charge is -2.35. The first-order chi connectivity index (χ1) is 8.42. The zero-order chi connectivity index (χ0) is 11.9. The van der Waals surface area contributed by atoms with Crippen molar-refractivity contribution in [2.45, 2.75) is 32.2 Å². The highest BCUT2D eigenvalue weighted by molar-refractivity contribution is 5.10. The van der Waals surface area contributed by atoms with Gasteiger partial charge in [-0.05, 0) is 25.1 Å². The fourth-order valence-electron chi connectivity index (χ4n) is 2.44. The lowest BCUT2D eigenvalue weighted by atomic mass is 10.1. The molecule has 0 aliphatic carbocycles. The number of nitrogens with zero attached hydrogens (tertiary/aromatic N) is 2. The predicted octanol–water partition coefficient (Wildman–Crippen LogP) is 2.22. The number of hydrogen-bond acceptors (Lipinski definition) is 3. The van der Waals surface area contributed by atoms with Gasteiger partial charge in [0.1, 0.15) is 0 Å². The number of hydrogen-bond donors (Lipinski definition) is 1. The molecule has 1 aromatic rings. The van der Waals surface area contributed by atoms with Crippen LogP contribution in [0, 0.1) is 0 Å². The average Bonchev–Trinajstić information content (AvgIpc) is 2.41. The number of pyridine rings is 1. The second-order valence-corrected chi connectivity index (χ2v) is 4.72. The highest BCUT2D eigenvalue weighted by Crippen LogP contribution is 2.20. The Bertz CT molecular complexity index is 313. The van der Waals surface area contributed by atoms with Gasteiger partial charge in [0.25, 0.3) is 0 Å².